The maximum absolute atomic E-state index is 12.5. The third-order valence-corrected chi connectivity index (χ3v) is 5.48. The molecule has 0 spiro atoms. The minimum absolute atomic E-state index is 0.274. The Labute approximate surface area is 173 Å². The van der Waals surface area contributed by atoms with E-state index in [2.05, 4.69) is 0 Å². The maximum Gasteiger partial charge on any atom is 0.339 e. The Morgan fingerprint density at radius 3 is 2.52 bits per heavy atom. The lowest BCUT2D eigenvalue weighted by Gasteiger charge is -2.14. The Hall–Kier alpha value is -3.30. The maximum atomic E-state index is 12.5. The molecule has 1 heterocycles. The second kappa shape index (κ2) is 7.26. The summed E-state index contributed by atoms with van der Waals surface area (Å²) in [4.78, 5) is 12.5. The van der Waals surface area contributed by atoms with Crippen molar-refractivity contribution in [1.29, 1.82) is 0 Å². The van der Waals surface area contributed by atoms with E-state index in [4.69, 9.17) is 21.1 Å². The Morgan fingerprint density at radius 2 is 1.69 bits per heavy atom. The molecule has 1 aliphatic heterocycles. The first-order valence-electron chi connectivity index (χ1n) is 9.39. The SMILES string of the molecule is O=C1OCc2cc3cc(OCc4ccccc4)ccc3c(-c3ccccc3Cl)c21. The lowest BCUT2D eigenvalue weighted by molar-refractivity contribution is 0.0535. The molecule has 3 nitrogen and oxygen atoms in total. The molecule has 142 valence electrons. The van der Waals surface area contributed by atoms with Gasteiger partial charge >= 0.3 is 5.97 Å². The van der Waals surface area contributed by atoms with Crippen LogP contribution in [-0.2, 0) is 18.0 Å². The minimum Gasteiger partial charge on any atom is -0.489 e. The fraction of sp³-hybridized carbons (Fsp3) is 0.0800. The van der Waals surface area contributed by atoms with Gasteiger partial charge in [0.05, 0.1) is 5.56 Å². The van der Waals surface area contributed by atoms with Gasteiger partial charge in [-0.3, -0.25) is 0 Å². The zero-order valence-electron chi connectivity index (χ0n) is 15.5. The van der Waals surface area contributed by atoms with Crippen molar-refractivity contribution >= 4 is 28.3 Å². The van der Waals surface area contributed by atoms with Gasteiger partial charge in [0, 0.05) is 21.7 Å². The van der Waals surface area contributed by atoms with Gasteiger partial charge in [0.15, 0.2) is 0 Å². The number of rotatable bonds is 4. The van der Waals surface area contributed by atoms with Crippen LogP contribution in [0.2, 0.25) is 5.02 Å². The zero-order chi connectivity index (χ0) is 19.8. The topological polar surface area (TPSA) is 35.5 Å². The van der Waals surface area contributed by atoms with E-state index in [1.54, 1.807) is 0 Å². The minimum atomic E-state index is -0.304. The van der Waals surface area contributed by atoms with Crippen LogP contribution in [0.15, 0.2) is 78.9 Å². The molecule has 0 bridgehead atoms. The summed E-state index contributed by atoms with van der Waals surface area (Å²) in [7, 11) is 0. The summed E-state index contributed by atoms with van der Waals surface area (Å²) < 4.78 is 11.3. The highest BCUT2D eigenvalue weighted by Gasteiger charge is 2.28. The molecule has 4 heteroatoms. The van der Waals surface area contributed by atoms with Crippen molar-refractivity contribution in [2.24, 2.45) is 0 Å². The number of carbonyl (C=O) groups is 1. The second-order valence-electron chi connectivity index (χ2n) is 7.00. The lowest BCUT2D eigenvalue weighted by Crippen LogP contribution is -2.00. The zero-order valence-corrected chi connectivity index (χ0v) is 16.3. The van der Waals surface area contributed by atoms with Crippen molar-refractivity contribution in [3.8, 4) is 16.9 Å². The molecule has 0 unspecified atom stereocenters. The van der Waals surface area contributed by atoms with Gasteiger partial charge in [0.1, 0.15) is 19.0 Å². The summed E-state index contributed by atoms with van der Waals surface area (Å²) in [6.07, 6.45) is 0. The first kappa shape index (κ1) is 17.8. The van der Waals surface area contributed by atoms with Gasteiger partial charge in [-0.15, -0.1) is 0 Å². The number of cyclic esters (lactones) is 1. The van der Waals surface area contributed by atoms with Gasteiger partial charge < -0.3 is 9.47 Å². The molecule has 0 radical (unpaired) electrons. The van der Waals surface area contributed by atoms with Crippen molar-refractivity contribution in [2.45, 2.75) is 13.2 Å². The molecule has 0 saturated carbocycles. The van der Waals surface area contributed by atoms with E-state index in [1.165, 1.54) is 0 Å². The Bertz CT molecular complexity index is 1230. The monoisotopic (exact) mass is 400 g/mol. The van der Waals surface area contributed by atoms with Gasteiger partial charge in [-0.1, -0.05) is 66.2 Å². The van der Waals surface area contributed by atoms with Crippen molar-refractivity contribution in [3.05, 3.63) is 101 Å². The first-order chi connectivity index (χ1) is 14.2. The largest absolute Gasteiger partial charge is 0.489 e. The van der Waals surface area contributed by atoms with Crippen molar-refractivity contribution in [2.75, 3.05) is 0 Å². The van der Waals surface area contributed by atoms with Crippen LogP contribution in [0.3, 0.4) is 0 Å². The summed E-state index contributed by atoms with van der Waals surface area (Å²) in [5, 5.41) is 2.54. The third-order valence-electron chi connectivity index (χ3n) is 5.15. The number of carbonyl (C=O) groups excluding carboxylic acids is 1. The molecule has 0 aliphatic carbocycles. The normalized spacial score (nSPS) is 12.7. The number of benzene rings is 4. The highest BCUT2D eigenvalue weighted by Crippen LogP contribution is 2.41. The molecule has 1 aliphatic rings. The molecule has 4 aromatic carbocycles. The number of hydrogen-bond acceptors (Lipinski definition) is 3. The smallest absolute Gasteiger partial charge is 0.339 e. The van der Waals surface area contributed by atoms with E-state index >= 15 is 0 Å². The standard InChI is InChI=1S/C25H17ClO3/c26-22-9-5-4-8-21(22)24-20-11-10-19(28-14-16-6-2-1-3-7-16)13-17(20)12-18-15-29-25(27)23(18)24/h1-13H,14-15H2. The number of fused-ring (bicyclic) bond motifs is 2. The van der Waals surface area contributed by atoms with E-state index in [-0.39, 0.29) is 12.6 Å². The molecule has 0 fully saturated rings. The van der Waals surface area contributed by atoms with E-state index in [9.17, 15) is 4.79 Å². The fourth-order valence-corrected chi connectivity index (χ4v) is 4.01. The third kappa shape index (κ3) is 3.24. The second-order valence-corrected chi connectivity index (χ2v) is 7.41. The van der Waals surface area contributed by atoms with Crippen LogP contribution >= 0.6 is 11.6 Å². The average molecular weight is 401 g/mol. The fourth-order valence-electron chi connectivity index (χ4n) is 3.78. The molecule has 5 rings (SSSR count). The molecule has 0 aromatic heterocycles. The summed E-state index contributed by atoms with van der Waals surface area (Å²) in [6.45, 7) is 0.771. The van der Waals surface area contributed by atoms with Crippen LogP contribution in [0.1, 0.15) is 21.5 Å². The van der Waals surface area contributed by atoms with Crippen LogP contribution < -0.4 is 4.74 Å². The first-order valence-corrected chi connectivity index (χ1v) is 9.77. The van der Waals surface area contributed by atoms with Crippen LogP contribution in [0.4, 0.5) is 0 Å². The van der Waals surface area contributed by atoms with Gasteiger partial charge in [-0.2, -0.15) is 0 Å². The van der Waals surface area contributed by atoms with Crippen LogP contribution in [0, 0.1) is 0 Å². The van der Waals surface area contributed by atoms with Crippen LogP contribution in [0.25, 0.3) is 21.9 Å². The predicted molar refractivity (Wildman–Crippen MR) is 114 cm³/mol. The van der Waals surface area contributed by atoms with Gasteiger partial charge in [0.2, 0.25) is 0 Å². The Morgan fingerprint density at radius 1 is 0.897 bits per heavy atom. The molecular weight excluding hydrogens is 384 g/mol. The molecule has 4 aromatic rings. The van der Waals surface area contributed by atoms with Crippen molar-refractivity contribution in [1.82, 2.24) is 0 Å². The van der Waals surface area contributed by atoms with Gasteiger partial charge in [0.25, 0.3) is 0 Å². The summed E-state index contributed by atoms with van der Waals surface area (Å²) in [5.41, 5.74) is 4.23. The van der Waals surface area contributed by atoms with E-state index in [1.807, 2.05) is 78.9 Å². The number of halogens is 1. The van der Waals surface area contributed by atoms with Gasteiger partial charge in [-0.25, -0.2) is 4.79 Å². The lowest BCUT2D eigenvalue weighted by atomic mass is 9.90. The molecule has 0 saturated heterocycles. The Balaban J connectivity index is 1.63. The Kier molecular flexibility index (Phi) is 4.45. The number of esters is 1. The molecule has 29 heavy (non-hydrogen) atoms. The van der Waals surface area contributed by atoms with Crippen molar-refractivity contribution < 1.29 is 14.3 Å². The average Bonchev–Trinajstić information content (AvgIpc) is 3.12. The molecule has 0 atom stereocenters. The van der Waals surface area contributed by atoms with Crippen molar-refractivity contribution in [3.63, 3.8) is 0 Å². The molecule has 0 N–H and O–H groups in total. The summed E-state index contributed by atoms with van der Waals surface area (Å²) >= 11 is 6.48. The number of ether oxygens (including phenoxy) is 2. The van der Waals surface area contributed by atoms with Crippen LogP contribution in [0.5, 0.6) is 5.75 Å². The van der Waals surface area contributed by atoms with E-state index < -0.39 is 0 Å². The predicted octanol–water partition coefficient (Wildman–Crippen LogP) is 6.41. The summed E-state index contributed by atoms with van der Waals surface area (Å²) in [5.74, 6) is 0.470. The number of hydrogen-bond donors (Lipinski definition) is 0. The highest BCUT2D eigenvalue weighted by molar-refractivity contribution is 6.34. The highest BCUT2D eigenvalue weighted by atomic mass is 35.5. The quantitative estimate of drug-likeness (QED) is 0.371. The molecule has 0 amide bonds. The van der Waals surface area contributed by atoms with E-state index in [0.29, 0.717) is 17.2 Å². The van der Waals surface area contributed by atoms with Gasteiger partial charge in [-0.05, 0) is 40.6 Å². The van der Waals surface area contributed by atoms with E-state index in [0.717, 1.165) is 38.8 Å². The van der Waals surface area contributed by atoms with Crippen LogP contribution in [-0.4, -0.2) is 5.97 Å². The summed E-state index contributed by atoms with van der Waals surface area (Å²) in [6, 6.07) is 25.5. The molecular formula is C25H17ClO3.